The van der Waals surface area contributed by atoms with E-state index in [4.69, 9.17) is 4.42 Å². The number of carbonyl (C=O) groups excluding carboxylic acids is 2. The van der Waals surface area contributed by atoms with Crippen molar-refractivity contribution in [2.75, 3.05) is 23.3 Å². The summed E-state index contributed by atoms with van der Waals surface area (Å²) in [5.74, 6) is 0.939. The predicted molar refractivity (Wildman–Crippen MR) is 90.6 cm³/mol. The molecule has 2 heterocycles. The first-order valence-corrected chi connectivity index (χ1v) is 8.20. The van der Waals surface area contributed by atoms with E-state index in [1.54, 1.807) is 11.2 Å². The molecule has 1 aliphatic heterocycles. The summed E-state index contributed by atoms with van der Waals surface area (Å²) in [7, 11) is 0. The smallest absolute Gasteiger partial charge is 0.279 e. The second-order valence-corrected chi connectivity index (χ2v) is 5.99. The van der Waals surface area contributed by atoms with Gasteiger partial charge in [0.05, 0.1) is 6.26 Å². The van der Waals surface area contributed by atoms with Crippen LogP contribution < -0.4 is 15.5 Å². The first-order chi connectivity index (χ1) is 11.6. The molecule has 1 atom stereocenters. The summed E-state index contributed by atoms with van der Waals surface area (Å²) in [6.45, 7) is 3.08. The summed E-state index contributed by atoms with van der Waals surface area (Å²) in [6.07, 6.45) is 3.15. The molecule has 2 amide bonds. The molecule has 2 aromatic rings. The predicted octanol–water partition coefficient (Wildman–Crippen LogP) is 1.67. The van der Waals surface area contributed by atoms with Crippen LogP contribution in [-0.2, 0) is 9.59 Å². The van der Waals surface area contributed by atoms with Gasteiger partial charge in [0.25, 0.3) is 5.91 Å². The zero-order valence-electron chi connectivity index (χ0n) is 13.7. The second-order valence-electron chi connectivity index (χ2n) is 5.99. The van der Waals surface area contributed by atoms with Gasteiger partial charge in [-0.2, -0.15) is 0 Å². The fourth-order valence-corrected chi connectivity index (χ4v) is 2.81. The Kier molecular flexibility index (Phi) is 4.96. The van der Waals surface area contributed by atoms with Crippen LogP contribution in [0.1, 0.15) is 31.6 Å². The summed E-state index contributed by atoms with van der Waals surface area (Å²) in [4.78, 5) is 25.6. The van der Waals surface area contributed by atoms with Crippen LogP contribution in [-0.4, -0.2) is 24.9 Å². The van der Waals surface area contributed by atoms with Crippen LogP contribution in [0.2, 0.25) is 0 Å². The van der Waals surface area contributed by atoms with Crippen LogP contribution in [0.25, 0.3) is 0 Å². The maximum absolute atomic E-state index is 12.0. The number of nitrogens with zero attached hydrogens (tertiary/aromatic N) is 1. The third kappa shape index (κ3) is 3.83. The minimum atomic E-state index is -0.0709. The molecule has 0 aliphatic carbocycles. The molecule has 0 radical (unpaired) electrons. The second kappa shape index (κ2) is 7.31. The fourth-order valence-electron chi connectivity index (χ4n) is 2.81. The van der Waals surface area contributed by atoms with Gasteiger partial charge < -0.3 is 20.0 Å². The standard InChI is InChI=1S/C18H21N3O3/c1-13(16-4-3-11-24-16)19-12-17(22)20-14-6-8-15(9-7-14)21-10-2-5-18(21)23/h3-4,6-9,11,13,19H,2,5,10,12H2,1H3,(H,20,22)/p+1/t13-/m1/s1. The van der Waals surface area contributed by atoms with Crippen molar-refractivity contribution in [1.29, 1.82) is 0 Å². The molecule has 1 aromatic carbocycles. The van der Waals surface area contributed by atoms with Crippen molar-refractivity contribution in [1.82, 2.24) is 0 Å². The van der Waals surface area contributed by atoms with Crippen LogP contribution in [0.3, 0.4) is 0 Å². The van der Waals surface area contributed by atoms with Gasteiger partial charge in [-0.15, -0.1) is 0 Å². The maximum atomic E-state index is 12.0. The lowest BCUT2D eigenvalue weighted by Gasteiger charge is -2.16. The quantitative estimate of drug-likeness (QED) is 0.846. The number of quaternary nitrogens is 1. The van der Waals surface area contributed by atoms with Crippen LogP contribution in [0.15, 0.2) is 47.1 Å². The maximum Gasteiger partial charge on any atom is 0.279 e. The lowest BCUT2D eigenvalue weighted by Crippen LogP contribution is -2.86. The molecule has 1 saturated heterocycles. The average Bonchev–Trinajstić information content (AvgIpc) is 3.25. The fraction of sp³-hybridized carbons (Fsp3) is 0.333. The molecule has 3 rings (SSSR count). The third-order valence-corrected chi connectivity index (χ3v) is 4.18. The monoisotopic (exact) mass is 328 g/mol. The Morgan fingerprint density at radius 1 is 1.33 bits per heavy atom. The van der Waals surface area contributed by atoms with Gasteiger partial charge in [0.15, 0.2) is 12.3 Å². The number of carbonyl (C=O) groups is 2. The molecule has 6 nitrogen and oxygen atoms in total. The van der Waals surface area contributed by atoms with E-state index in [1.807, 2.05) is 48.6 Å². The molecule has 1 fully saturated rings. The lowest BCUT2D eigenvalue weighted by molar-refractivity contribution is -0.684. The van der Waals surface area contributed by atoms with Crippen LogP contribution in [0.5, 0.6) is 0 Å². The van der Waals surface area contributed by atoms with Gasteiger partial charge in [0.1, 0.15) is 6.04 Å². The summed E-state index contributed by atoms with van der Waals surface area (Å²) < 4.78 is 5.32. The molecule has 1 aliphatic rings. The van der Waals surface area contributed by atoms with Gasteiger partial charge in [0, 0.05) is 24.3 Å². The molecule has 0 spiro atoms. The summed E-state index contributed by atoms with van der Waals surface area (Å²) >= 11 is 0. The van der Waals surface area contributed by atoms with E-state index in [2.05, 4.69) is 5.32 Å². The molecule has 1 aromatic heterocycles. The van der Waals surface area contributed by atoms with Crippen molar-refractivity contribution >= 4 is 23.2 Å². The summed E-state index contributed by atoms with van der Waals surface area (Å²) in [5, 5.41) is 4.79. The van der Waals surface area contributed by atoms with E-state index in [0.29, 0.717) is 13.0 Å². The molecule has 0 bridgehead atoms. The van der Waals surface area contributed by atoms with E-state index in [0.717, 1.165) is 30.1 Å². The number of furan rings is 1. The van der Waals surface area contributed by atoms with Crippen molar-refractivity contribution in [2.24, 2.45) is 0 Å². The van der Waals surface area contributed by atoms with Gasteiger partial charge in [0.2, 0.25) is 5.91 Å². The topological polar surface area (TPSA) is 79.2 Å². The number of amides is 2. The van der Waals surface area contributed by atoms with Crippen LogP contribution >= 0.6 is 0 Å². The van der Waals surface area contributed by atoms with Crippen LogP contribution in [0.4, 0.5) is 11.4 Å². The molecular weight excluding hydrogens is 306 g/mol. The van der Waals surface area contributed by atoms with Gasteiger partial charge in [-0.25, -0.2) is 0 Å². The third-order valence-electron chi connectivity index (χ3n) is 4.18. The molecular formula is C18H22N3O3+. The molecule has 126 valence electrons. The molecule has 6 heteroatoms. The van der Waals surface area contributed by atoms with E-state index in [-0.39, 0.29) is 17.9 Å². The molecule has 0 saturated carbocycles. The van der Waals surface area contributed by atoms with Gasteiger partial charge in [-0.05, 0) is 49.7 Å². The van der Waals surface area contributed by atoms with Gasteiger partial charge in [-0.1, -0.05) is 0 Å². The number of hydrogen-bond acceptors (Lipinski definition) is 3. The highest BCUT2D eigenvalue weighted by molar-refractivity contribution is 5.96. The minimum absolute atomic E-state index is 0.0709. The first kappa shape index (κ1) is 16.3. The van der Waals surface area contributed by atoms with Crippen molar-refractivity contribution in [3.63, 3.8) is 0 Å². The highest BCUT2D eigenvalue weighted by atomic mass is 16.3. The number of rotatable bonds is 6. The Balaban J connectivity index is 1.50. The minimum Gasteiger partial charge on any atom is -0.463 e. The Labute approximate surface area is 140 Å². The van der Waals surface area contributed by atoms with Crippen LogP contribution in [0, 0.1) is 0 Å². The zero-order chi connectivity index (χ0) is 16.9. The first-order valence-electron chi connectivity index (χ1n) is 8.20. The number of hydrogen-bond donors (Lipinski definition) is 2. The Hall–Kier alpha value is -2.60. The van der Waals surface area contributed by atoms with E-state index in [9.17, 15) is 9.59 Å². The van der Waals surface area contributed by atoms with E-state index >= 15 is 0 Å². The lowest BCUT2D eigenvalue weighted by atomic mass is 10.2. The molecule has 24 heavy (non-hydrogen) atoms. The van der Waals surface area contributed by atoms with E-state index < -0.39 is 0 Å². The number of nitrogens with two attached hydrogens (primary N) is 1. The molecule has 3 N–H and O–H groups in total. The van der Waals surface area contributed by atoms with Crippen molar-refractivity contribution in [2.45, 2.75) is 25.8 Å². The average molecular weight is 328 g/mol. The molecule has 0 unspecified atom stereocenters. The van der Waals surface area contributed by atoms with Crippen molar-refractivity contribution in [3.05, 3.63) is 48.4 Å². The van der Waals surface area contributed by atoms with E-state index in [1.165, 1.54) is 0 Å². The Morgan fingerprint density at radius 2 is 2.12 bits per heavy atom. The number of anilines is 2. The highest BCUT2D eigenvalue weighted by Crippen LogP contribution is 2.22. The number of nitrogens with one attached hydrogen (secondary N) is 1. The Morgan fingerprint density at radius 3 is 2.75 bits per heavy atom. The van der Waals surface area contributed by atoms with Crippen molar-refractivity contribution < 1.29 is 19.3 Å². The van der Waals surface area contributed by atoms with Gasteiger partial charge in [-0.3, -0.25) is 9.59 Å². The van der Waals surface area contributed by atoms with Crippen molar-refractivity contribution in [3.8, 4) is 0 Å². The SMILES string of the molecule is C[C@@H]([NH2+]CC(=O)Nc1ccc(N2CCCC2=O)cc1)c1ccco1. The largest absolute Gasteiger partial charge is 0.463 e. The normalized spacial score (nSPS) is 15.5. The summed E-state index contributed by atoms with van der Waals surface area (Å²) in [6, 6.07) is 11.2. The van der Waals surface area contributed by atoms with Gasteiger partial charge >= 0.3 is 0 Å². The summed E-state index contributed by atoms with van der Waals surface area (Å²) in [5.41, 5.74) is 1.61. The Bertz CT molecular complexity index is 695. The zero-order valence-corrected chi connectivity index (χ0v) is 13.7. The highest BCUT2D eigenvalue weighted by Gasteiger charge is 2.21. The number of benzene rings is 1.